The molecule has 0 spiro atoms. The molecular formula is C15H21NO4. The lowest BCUT2D eigenvalue weighted by molar-refractivity contribution is -0.138. The molecule has 5 heteroatoms. The minimum Gasteiger partial charge on any atom is -0.481 e. The van der Waals surface area contributed by atoms with E-state index in [9.17, 15) is 9.59 Å². The highest BCUT2D eigenvalue weighted by molar-refractivity contribution is 5.78. The number of furan rings is 1. The summed E-state index contributed by atoms with van der Waals surface area (Å²) in [6, 6.07) is 4.07. The summed E-state index contributed by atoms with van der Waals surface area (Å²) in [4.78, 5) is 24.8. The Bertz CT molecular complexity index is 490. The largest absolute Gasteiger partial charge is 0.481 e. The van der Waals surface area contributed by atoms with E-state index >= 15 is 0 Å². The standard InChI is InChI=1S/C15H21NO4/c1-10(8-15(18)19)7-14(17)16(12-4-5-12)9-13-6-3-11(2)20-13/h3,6,10,12H,4-5,7-9H2,1-2H3,(H,18,19). The molecule has 1 aromatic heterocycles. The van der Waals surface area contributed by atoms with Gasteiger partial charge in [-0.3, -0.25) is 9.59 Å². The first-order valence-corrected chi connectivity index (χ1v) is 7.02. The number of carbonyl (C=O) groups excluding carboxylic acids is 1. The lowest BCUT2D eigenvalue weighted by Crippen LogP contribution is -2.33. The van der Waals surface area contributed by atoms with Crippen LogP contribution in [0.1, 0.15) is 44.1 Å². The summed E-state index contributed by atoms with van der Waals surface area (Å²) in [6.45, 7) is 4.16. The van der Waals surface area contributed by atoms with E-state index in [4.69, 9.17) is 9.52 Å². The number of carboxylic acids is 1. The van der Waals surface area contributed by atoms with Crippen LogP contribution in [-0.2, 0) is 16.1 Å². The Morgan fingerprint density at radius 2 is 2.10 bits per heavy atom. The van der Waals surface area contributed by atoms with Crippen molar-refractivity contribution in [2.24, 2.45) is 5.92 Å². The molecular weight excluding hydrogens is 258 g/mol. The molecule has 1 heterocycles. The molecule has 20 heavy (non-hydrogen) atoms. The van der Waals surface area contributed by atoms with Crippen molar-refractivity contribution in [3.05, 3.63) is 23.7 Å². The number of carbonyl (C=O) groups is 2. The maximum absolute atomic E-state index is 12.3. The fraction of sp³-hybridized carbons (Fsp3) is 0.600. The Kier molecular flexibility index (Phi) is 4.47. The summed E-state index contributed by atoms with van der Waals surface area (Å²) in [5.74, 6) is 0.649. The van der Waals surface area contributed by atoms with Gasteiger partial charge in [-0.05, 0) is 37.8 Å². The van der Waals surface area contributed by atoms with Crippen molar-refractivity contribution < 1.29 is 19.1 Å². The maximum atomic E-state index is 12.3. The molecule has 1 aromatic rings. The van der Waals surface area contributed by atoms with Crippen molar-refractivity contribution in [2.45, 2.75) is 52.1 Å². The van der Waals surface area contributed by atoms with Crippen LogP contribution in [0, 0.1) is 12.8 Å². The Labute approximate surface area is 118 Å². The van der Waals surface area contributed by atoms with Gasteiger partial charge in [0.25, 0.3) is 0 Å². The lowest BCUT2D eigenvalue weighted by atomic mass is 10.0. The van der Waals surface area contributed by atoms with Crippen LogP contribution < -0.4 is 0 Å². The fourth-order valence-electron chi connectivity index (χ4n) is 2.33. The zero-order chi connectivity index (χ0) is 14.7. The second kappa shape index (κ2) is 6.11. The van der Waals surface area contributed by atoms with Crippen molar-refractivity contribution >= 4 is 11.9 Å². The van der Waals surface area contributed by atoms with Gasteiger partial charge in [0, 0.05) is 18.9 Å². The van der Waals surface area contributed by atoms with Crippen LogP contribution in [0.2, 0.25) is 0 Å². The fourth-order valence-corrected chi connectivity index (χ4v) is 2.33. The van der Waals surface area contributed by atoms with Gasteiger partial charge in [-0.2, -0.15) is 0 Å². The third kappa shape index (κ3) is 4.11. The van der Waals surface area contributed by atoms with Crippen molar-refractivity contribution in [3.63, 3.8) is 0 Å². The molecule has 110 valence electrons. The SMILES string of the molecule is Cc1ccc(CN(C(=O)CC(C)CC(=O)O)C2CC2)o1. The zero-order valence-electron chi connectivity index (χ0n) is 12.0. The summed E-state index contributed by atoms with van der Waals surface area (Å²) < 4.78 is 5.52. The van der Waals surface area contributed by atoms with Gasteiger partial charge in [-0.25, -0.2) is 0 Å². The summed E-state index contributed by atoms with van der Waals surface area (Å²) in [5.41, 5.74) is 0. The first-order chi connectivity index (χ1) is 9.45. The van der Waals surface area contributed by atoms with Crippen molar-refractivity contribution in [1.82, 2.24) is 4.90 Å². The van der Waals surface area contributed by atoms with Crippen molar-refractivity contribution in [1.29, 1.82) is 0 Å². The number of aliphatic carboxylic acids is 1. The molecule has 0 radical (unpaired) electrons. The van der Waals surface area contributed by atoms with Gasteiger partial charge in [0.05, 0.1) is 6.54 Å². The number of hydrogen-bond donors (Lipinski definition) is 1. The zero-order valence-corrected chi connectivity index (χ0v) is 12.0. The highest BCUT2D eigenvalue weighted by Gasteiger charge is 2.33. The summed E-state index contributed by atoms with van der Waals surface area (Å²) in [6.07, 6.45) is 2.37. The topological polar surface area (TPSA) is 70.8 Å². The smallest absolute Gasteiger partial charge is 0.303 e. The quantitative estimate of drug-likeness (QED) is 0.832. The predicted molar refractivity (Wildman–Crippen MR) is 73.1 cm³/mol. The van der Waals surface area contributed by atoms with E-state index < -0.39 is 5.97 Å². The minimum atomic E-state index is -0.857. The van der Waals surface area contributed by atoms with Crippen LogP contribution in [-0.4, -0.2) is 27.9 Å². The molecule has 1 aliphatic carbocycles. The molecule has 1 amide bonds. The van der Waals surface area contributed by atoms with E-state index in [0.29, 0.717) is 12.6 Å². The first kappa shape index (κ1) is 14.6. The van der Waals surface area contributed by atoms with Crippen LogP contribution in [0.3, 0.4) is 0 Å². The second-order valence-corrected chi connectivity index (χ2v) is 5.67. The molecule has 1 atom stereocenters. The molecule has 0 aromatic carbocycles. The maximum Gasteiger partial charge on any atom is 0.303 e. The van der Waals surface area contributed by atoms with Gasteiger partial charge in [0.1, 0.15) is 11.5 Å². The van der Waals surface area contributed by atoms with Crippen LogP contribution in [0.5, 0.6) is 0 Å². The predicted octanol–water partition coefficient (Wildman–Crippen LogP) is 2.58. The van der Waals surface area contributed by atoms with Gasteiger partial charge >= 0.3 is 5.97 Å². The Morgan fingerprint density at radius 3 is 2.60 bits per heavy atom. The lowest BCUT2D eigenvalue weighted by Gasteiger charge is -2.22. The number of rotatable bonds is 7. The van der Waals surface area contributed by atoms with Gasteiger partial charge in [-0.1, -0.05) is 6.92 Å². The average molecular weight is 279 g/mol. The summed E-state index contributed by atoms with van der Waals surface area (Å²) in [5, 5.41) is 8.75. The highest BCUT2D eigenvalue weighted by Crippen LogP contribution is 2.30. The van der Waals surface area contributed by atoms with Gasteiger partial charge in [0.2, 0.25) is 5.91 Å². The molecule has 1 fully saturated rings. The molecule has 0 aliphatic heterocycles. The molecule has 0 saturated heterocycles. The molecule has 0 bridgehead atoms. The molecule has 2 rings (SSSR count). The van der Waals surface area contributed by atoms with E-state index in [1.165, 1.54) is 0 Å². The molecule has 5 nitrogen and oxygen atoms in total. The number of hydrogen-bond acceptors (Lipinski definition) is 3. The molecule has 1 unspecified atom stereocenters. The van der Waals surface area contributed by atoms with E-state index in [2.05, 4.69) is 0 Å². The van der Waals surface area contributed by atoms with Crippen molar-refractivity contribution in [3.8, 4) is 0 Å². The summed E-state index contributed by atoms with van der Waals surface area (Å²) in [7, 11) is 0. The van der Waals surface area contributed by atoms with Crippen molar-refractivity contribution in [2.75, 3.05) is 0 Å². The Hall–Kier alpha value is -1.78. The Balaban J connectivity index is 1.94. The number of amides is 1. The van der Waals surface area contributed by atoms with Crippen LogP contribution in [0.15, 0.2) is 16.5 Å². The van der Waals surface area contributed by atoms with Gasteiger partial charge in [0.15, 0.2) is 0 Å². The van der Waals surface area contributed by atoms with E-state index in [0.717, 1.165) is 24.4 Å². The number of carboxylic acid groups (broad SMARTS) is 1. The van der Waals surface area contributed by atoms with E-state index in [-0.39, 0.29) is 24.7 Å². The van der Waals surface area contributed by atoms with Crippen LogP contribution >= 0.6 is 0 Å². The first-order valence-electron chi connectivity index (χ1n) is 7.02. The average Bonchev–Trinajstić information content (AvgIpc) is 3.08. The van der Waals surface area contributed by atoms with Crippen LogP contribution in [0.4, 0.5) is 0 Å². The number of nitrogens with zero attached hydrogens (tertiary/aromatic N) is 1. The molecule has 1 N–H and O–H groups in total. The Morgan fingerprint density at radius 1 is 1.40 bits per heavy atom. The molecule has 1 saturated carbocycles. The highest BCUT2D eigenvalue weighted by atomic mass is 16.4. The minimum absolute atomic E-state index is 0.0234. The number of aryl methyl sites for hydroxylation is 1. The van der Waals surface area contributed by atoms with Crippen LogP contribution in [0.25, 0.3) is 0 Å². The van der Waals surface area contributed by atoms with Gasteiger partial charge < -0.3 is 14.4 Å². The second-order valence-electron chi connectivity index (χ2n) is 5.67. The third-order valence-electron chi connectivity index (χ3n) is 3.48. The summed E-state index contributed by atoms with van der Waals surface area (Å²) >= 11 is 0. The van der Waals surface area contributed by atoms with E-state index in [1.807, 2.05) is 24.0 Å². The normalized spacial score (nSPS) is 15.9. The van der Waals surface area contributed by atoms with Gasteiger partial charge in [-0.15, -0.1) is 0 Å². The monoisotopic (exact) mass is 279 g/mol. The third-order valence-corrected chi connectivity index (χ3v) is 3.48. The van der Waals surface area contributed by atoms with E-state index in [1.54, 1.807) is 6.92 Å². The molecule has 1 aliphatic rings.